The fourth-order valence-electron chi connectivity index (χ4n) is 2.70. The zero-order valence-corrected chi connectivity index (χ0v) is 18.3. The molecule has 2 aromatic heterocycles. The molecule has 0 saturated carbocycles. The summed E-state index contributed by atoms with van der Waals surface area (Å²) in [4.78, 5) is 32.7. The number of pyridine rings is 2. The van der Waals surface area contributed by atoms with E-state index in [0.717, 1.165) is 0 Å². The number of amides is 2. The Labute approximate surface area is 195 Å². The Bertz CT molecular complexity index is 1230. The number of carbonyl (C=O) groups excluding carboxylic acids is 2. The summed E-state index contributed by atoms with van der Waals surface area (Å²) in [7, 11) is 0. The molecule has 2 N–H and O–H groups in total. The fourth-order valence-corrected chi connectivity index (χ4v) is 3.22. The van der Waals surface area contributed by atoms with Gasteiger partial charge >= 0.3 is 6.18 Å². The lowest BCUT2D eigenvalue weighted by Crippen LogP contribution is -2.23. The average Bonchev–Trinajstić information content (AvgIpc) is 2.75. The van der Waals surface area contributed by atoms with Crippen LogP contribution in [0.5, 0.6) is 0 Å². The van der Waals surface area contributed by atoms with Gasteiger partial charge in [0.2, 0.25) is 0 Å². The summed E-state index contributed by atoms with van der Waals surface area (Å²) in [5.74, 6) is -1.60. The van der Waals surface area contributed by atoms with Crippen LogP contribution in [-0.2, 0) is 6.18 Å². The number of aromatic nitrogens is 2. The Morgan fingerprint density at radius 1 is 1.09 bits per heavy atom. The Kier molecular flexibility index (Phi) is 7.29. The third-order valence-corrected chi connectivity index (χ3v) is 4.76. The van der Waals surface area contributed by atoms with Crippen LogP contribution in [-0.4, -0.2) is 28.0 Å². The van der Waals surface area contributed by atoms with Gasteiger partial charge in [-0.25, -0.2) is 10.4 Å². The topological polar surface area (TPSA) is 96.3 Å². The van der Waals surface area contributed by atoms with Gasteiger partial charge in [0, 0.05) is 23.6 Å². The van der Waals surface area contributed by atoms with Crippen molar-refractivity contribution in [3.05, 3.63) is 86.9 Å². The first-order valence-corrected chi connectivity index (χ1v) is 9.89. The molecule has 0 spiro atoms. The number of benzene rings is 1. The molecule has 33 heavy (non-hydrogen) atoms. The number of halogens is 5. The number of hydrogen-bond acceptors (Lipinski definition) is 5. The molecule has 7 nitrogen and oxygen atoms in total. The quantitative estimate of drug-likeness (QED) is 0.378. The molecule has 12 heteroatoms. The minimum Gasteiger partial charge on any atom is -0.320 e. The first-order chi connectivity index (χ1) is 15.6. The van der Waals surface area contributed by atoms with Crippen molar-refractivity contribution in [1.82, 2.24) is 15.4 Å². The lowest BCUT2D eigenvalue weighted by molar-refractivity contribution is -0.137. The van der Waals surface area contributed by atoms with Crippen LogP contribution in [0.1, 0.15) is 37.5 Å². The van der Waals surface area contributed by atoms with Crippen molar-refractivity contribution >= 4 is 46.9 Å². The van der Waals surface area contributed by atoms with E-state index in [1.165, 1.54) is 18.3 Å². The number of hydrogen-bond donors (Lipinski definition) is 2. The number of aryl methyl sites for hydroxylation is 1. The minimum absolute atomic E-state index is 0.0248. The molecule has 0 aliphatic rings. The highest BCUT2D eigenvalue weighted by atomic mass is 35.5. The lowest BCUT2D eigenvalue weighted by Gasteiger charge is -2.14. The maximum absolute atomic E-state index is 12.8. The van der Waals surface area contributed by atoms with E-state index in [-0.39, 0.29) is 16.3 Å². The van der Waals surface area contributed by atoms with E-state index in [1.807, 2.05) is 0 Å². The monoisotopic (exact) mass is 495 g/mol. The second-order valence-electron chi connectivity index (χ2n) is 6.63. The number of nitrogens with one attached hydrogen (secondary N) is 2. The van der Waals surface area contributed by atoms with Gasteiger partial charge in [-0.05, 0) is 48.4 Å². The third-order valence-electron chi connectivity index (χ3n) is 4.25. The van der Waals surface area contributed by atoms with Crippen LogP contribution in [0.25, 0.3) is 0 Å². The zero-order chi connectivity index (χ0) is 24.2. The molecule has 0 radical (unpaired) electrons. The number of rotatable bonds is 5. The molecular weight excluding hydrogens is 482 g/mol. The average molecular weight is 496 g/mol. The van der Waals surface area contributed by atoms with Gasteiger partial charge in [-0.15, -0.1) is 0 Å². The number of hydrazone groups is 1. The molecule has 0 atom stereocenters. The van der Waals surface area contributed by atoms with Gasteiger partial charge in [0.25, 0.3) is 11.8 Å². The highest BCUT2D eigenvalue weighted by Gasteiger charge is 2.32. The van der Waals surface area contributed by atoms with Gasteiger partial charge in [-0.3, -0.25) is 14.6 Å². The van der Waals surface area contributed by atoms with Gasteiger partial charge in [-0.2, -0.15) is 18.3 Å². The molecule has 0 unspecified atom stereocenters. The van der Waals surface area contributed by atoms with Crippen LogP contribution >= 0.6 is 23.2 Å². The number of alkyl halides is 3. The molecular formula is C21H14Cl2F3N5O2. The molecule has 0 bridgehead atoms. The van der Waals surface area contributed by atoms with Crippen molar-refractivity contribution in [2.24, 2.45) is 5.10 Å². The maximum atomic E-state index is 12.8. The van der Waals surface area contributed by atoms with Crippen LogP contribution in [0, 0.1) is 6.92 Å². The van der Waals surface area contributed by atoms with Crippen molar-refractivity contribution in [2.75, 3.05) is 5.32 Å². The van der Waals surface area contributed by atoms with Gasteiger partial charge < -0.3 is 5.32 Å². The zero-order valence-electron chi connectivity index (χ0n) is 16.7. The molecule has 2 amide bonds. The second-order valence-corrected chi connectivity index (χ2v) is 7.47. The summed E-state index contributed by atoms with van der Waals surface area (Å²) in [6.45, 7) is 1.58. The SMILES string of the molecule is Cc1cc(Cl)cc(C(=O)NN=Cc2ccncc2)c1NC(=O)c1ncc(C(F)(F)F)cc1Cl. The molecule has 1 aromatic carbocycles. The second kappa shape index (κ2) is 9.97. The predicted octanol–water partition coefficient (Wildman–Crippen LogP) is 5.13. The normalized spacial score (nSPS) is 11.5. The molecule has 0 fully saturated rings. The summed E-state index contributed by atoms with van der Waals surface area (Å²) in [5.41, 5.74) is 1.93. The van der Waals surface area contributed by atoms with Crippen LogP contribution in [0.4, 0.5) is 18.9 Å². The van der Waals surface area contributed by atoms with Crippen molar-refractivity contribution in [1.29, 1.82) is 0 Å². The van der Waals surface area contributed by atoms with E-state index in [9.17, 15) is 22.8 Å². The first kappa shape index (κ1) is 24.1. The van der Waals surface area contributed by atoms with Gasteiger partial charge in [-0.1, -0.05) is 23.2 Å². The Morgan fingerprint density at radius 3 is 2.42 bits per heavy atom. The number of nitrogens with zero attached hydrogens (tertiary/aromatic N) is 3. The van der Waals surface area contributed by atoms with E-state index in [2.05, 4.69) is 25.8 Å². The Balaban J connectivity index is 1.85. The van der Waals surface area contributed by atoms with Crippen LogP contribution in [0.15, 0.2) is 54.0 Å². The molecule has 170 valence electrons. The highest BCUT2D eigenvalue weighted by molar-refractivity contribution is 6.34. The third kappa shape index (κ3) is 6.05. The first-order valence-electron chi connectivity index (χ1n) is 9.14. The summed E-state index contributed by atoms with van der Waals surface area (Å²) in [5, 5.41) is 6.04. The van der Waals surface area contributed by atoms with E-state index in [1.54, 1.807) is 31.5 Å². The summed E-state index contributed by atoms with van der Waals surface area (Å²) in [6, 6.07) is 6.75. The number of anilines is 1. The van der Waals surface area contributed by atoms with E-state index >= 15 is 0 Å². The minimum atomic E-state index is -4.67. The number of carbonyl (C=O) groups is 2. The Morgan fingerprint density at radius 2 is 1.79 bits per heavy atom. The van der Waals surface area contributed by atoms with Crippen molar-refractivity contribution in [2.45, 2.75) is 13.1 Å². The van der Waals surface area contributed by atoms with Crippen molar-refractivity contribution in [3.8, 4) is 0 Å². The standard InChI is InChI=1S/C21H14Cl2F3N5O2/c1-11-6-14(22)8-15(19(32)31-29-9-12-2-4-27-5-3-12)17(11)30-20(33)18-16(23)7-13(10-28-18)21(24,25)26/h2-10H,1H3,(H,30,33)(H,31,32). The maximum Gasteiger partial charge on any atom is 0.417 e. The summed E-state index contributed by atoms with van der Waals surface area (Å²) >= 11 is 11.9. The van der Waals surface area contributed by atoms with Gasteiger partial charge in [0.15, 0.2) is 0 Å². The molecule has 3 rings (SSSR count). The van der Waals surface area contributed by atoms with Crippen LogP contribution < -0.4 is 10.7 Å². The largest absolute Gasteiger partial charge is 0.417 e. The van der Waals surface area contributed by atoms with Crippen LogP contribution in [0.3, 0.4) is 0 Å². The molecule has 0 aliphatic carbocycles. The lowest BCUT2D eigenvalue weighted by atomic mass is 10.1. The Hall–Kier alpha value is -3.50. The van der Waals surface area contributed by atoms with Crippen molar-refractivity contribution in [3.63, 3.8) is 0 Å². The van der Waals surface area contributed by atoms with E-state index in [4.69, 9.17) is 23.2 Å². The highest BCUT2D eigenvalue weighted by Crippen LogP contribution is 2.32. The smallest absolute Gasteiger partial charge is 0.320 e. The van der Waals surface area contributed by atoms with Gasteiger partial charge in [0.1, 0.15) is 5.69 Å². The molecule has 2 heterocycles. The van der Waals surface area contributed by atoms with Crippen molar-refractivity contribution < 1.29 is 22.8 Å². The molecule has 0 saturated heterocycles. The predicted molar refractivity (Wildman–Crippen MR) is 118 cm³/mol. The van der Waals surface area contributed by atoms with E-state index in [0.29, 0.717) is 23.4 Å². The van der Waals surface area contributed by atoms with Crippen LogP contribution in [0.2, 0.25) is 10.0 Å². The molecule has 3 aromatic rings. The van der Waals surface area contributed by atoms with E-state index < -0.39 is 34.3 Å². The van der Waals surface area contributed by atoms with Gasteiger partial charge in [0.05, 0.1) is 28.1 Å². The fraction of sp³-hybridized carbons (Fsp3) is 0.0952. The summed E-state index contributed by atoms with van der Waals surface area (Å²) in [6.07, 6.45) is 0.327. The molecule has 0 aliphatic heterocycles. The summed E-state index contributed by atoms with van der Waals surface area (Å²) < 4.78 is 38.5.